The van der Waals surface area contributed by atoms with Crippen molar-refractivity contribution in [3.8, 4) is 0 Å². The Morgan fingerprint density at radius 1 is 1.32 bits per heavy atom. The van der Waals surface area contributed by atoms with Gasteiger partial charge in [0.05, 0.1) is 4.34 Å². The molecule has 0 saturated carbocycles. The number of hydrogen-bond acceptors (Lipinski definition) is 5. The molecule has 2 aliphatic heterocycles. The zero-order chi connectivity index (χ0) is 15.8. The molecule has 1 aromatic heterocycles. The van der Waals surface area contributed by atoms with Crippen LogP contribution in [0.25, 0.3) is 0 Å². The molecule has 1 atom stereocenters. The molecule has 0 aliphatic carbocycles. The van der Waals surface area contributed by atoms with Gasteiger partial charge in [0.2, 0.25) is 0 Å². The molecule has 5 nitrogen and oxygen atoms in total. The van der Waals surface area contributed by atoms with E-state index < -0.39 is 10.0 Å². The molecule has 1 aromatic rings. The Hall–Kier alpha value is -0.180. The largest absolute Gasteiger partial charge is 0.316 e. The van der Waals surface area contributed by atoms with Gasteiger partial charge in [-0.3, -0.25) is 0 Å². The molecule has 1 N–H and O–H groups in total. The predicted octanol–water partition coefficient (Wildman–Crippen LogP) is 1.71. The minimum atomic E-state index is -3.38. The van der Waals surface area contributed by atoms with E-state index in [1.165, 1.54) is 6.42 Å². The molecule has 3 heterocycles. The predicted molar refractivity (Wildman–Crippen MR) is 90.1 cm³/mol. The Bertz CT molecular complexity index is 618. The molecule has 3 rings (SSSR count). The highest BCUT2D eigenvalue weighted by atomic mass is 35.5. The van der Waals surface area contributed by atoms with Gasteiger partial charge >= 0.3 is 0 Å². The molecule has 2 aliphatic rings. The van der Waals surface area contributed by atoms with Crippen LogP contribution < -0.4 is 5.32 Å². The molecule has 0 bridgehead atoms. The summed E-state index contributed by atoms with van der Waals surface area (Å²) in [7, 11) is -3.38. The van der Waals surface area contributed by atoms with Gasteiger partial charge in [0.1, 0.15) is 4.21 Å². The lowest BCUT2D eigenvalue weighted by atomic mass is 9.89. The van der Waals surface area contributed by atoms with E-state index in [-0.39, 0.29) is 0 Å². The molecular weight excluding hydrogens is 342 g/mol. The maximum atomic E-state index is 12.6. The van der Waals surface area contributed by atoms with Gasteiger partial charge in [-0.25, -0.2) is 8.42 Å². The number of halogens is 1. The number of nitrogens with one attached hydrogen (secondary N) is 1. The average molecular weight is 364 g/mol. The Labute approximate surface area is 141 Å². The lowest BCUT2D eigenvalue weighted by molar-refractivity contribution is 0.132. The Morgan fingerprint density at radius 2 is 2.05 bits per heavy atom. The van der Waals surface area contributed by atoms with Crippen LogP contribution in [0, 0.1) is 5.41 Å². The van der Waals surface area contributed by atoms with Gasteiger partial charge in [-0.05, 0) is 30.5 Å². The zero-order valence-electron chi connectivity index (χ0n) is 12.7. The normalized spacial score (nSPS) is 28.3. The van der Waals surface area contributed by atoms with Crippen LogP contribution in [0.4, 0.5) is 0 Å². The number of hydrogen-bond donors (Lipinski definition) is 1. The first-order valence-corrected chi connectivity index (χ1v) is 10.2. The van der Waals surface area contributed by atoms with Crippen molar-refractivity contribution in [2.24, 2.45) is 5.41 Å². The minimum Gasteiger partial charge on any atom is -0.316 e. The second-order valence-electron chi connectivity index (χ2n) is 6.48. The maximum absolute atomic E-state index is 12.6. The Morgan fingerprint density at radius 3 is 2.59 bits per heavy atom. The quantitative estimate of drug-likeness (QED) is 0.884. The molecule has 0 spiro atoms. The van der Waals surface area contributed by atoms with E-state index in [1.807, 2.05) is 0 Å². The minimum absolute atomic E-state index is 0.322. The summed E-state index contributed by atoms with van der Waals surface area (Å²) >= 11 is 6.99. The molecule has 22 heavy (non-hydrogen) atoms. The van der Waals surface area contributed by atoms with E-state index in [0.717, 1.165) is 44.1 Å². The van der Waals surface area contributed by atoms with Gasteiger partial charge in [0, 0.05) is 39.3 Å². The van der Waals surface area contributed by atoms with E-state index >= 15 is 0 Å². The number of sulfonamides is 1. The van der Waals surface area contributed by atoms with Crippen molar-refractivity contribution >= 4 is 33.0 Å². The lowest BCUT2D eigenvalue weighted by Gasteiger charge is -2.37. The summed E-state index contributed by atoms with van der Waals surface area (Å²) in [5.74, 6) is 0. The molecule has 1 unspecified atom stereocenters. The van der Waals surface area contributed by atoms with E-state index in [0.29, 0.717) is 27.1 Å². The second kappa shape index (κ2) is 6.37. The fourth-order valence-electron chi connectivity index (χ4n) is 3.24. The highest BCUT2D eigenvalue weighted by Gasteiger charge is 2.34. The summed E-state index contributed by atoms with van der Waals surface area (Å²) in [6, 6.07) is 3.24. The van der Waals surface area contributed by atoms with E-state index in [4.69, 9.17) is 11.6 Å². The summed E-state index contributed by atoms with van der Waals surface area (Å²) in [6.07, 6.45) is 1.19. The van der Waals surface area contributed by atoms with Gasteiger partial charge < -0.3 is 10.2 Å². The van der Waals surface area contributed by atoms with Crippen molar-refractivity contribution in [3.05, 3.63) is 16.5 Å². The summed E-state index contributed by atoms with van der Waals surface area (Å²) in [5, 5.41) is 3.42. The van der Waals surface area contributed by atoms with Crippen LogP contribution in [0.5, 0.6) is 0 Å². The molecule has 0 amide bonds. The monoisotopic (exact) mass is 363 g/mol. The lowest BCUT2D eigenvalue weighted by Crippen LogP contribution is -2.51. The average Bonchev–Trinajstić information content (AvgIpc) is 3.09. The Balaban J connectivity index is 1.59. The molecule has 0 aromatic carbocycles. The van der Waals surface area contributed by atoms with Gasteiger partial charge in [-0.2, -0.15) is 4.31 Å². The fraction of sp³-hybridized carbons (Fsp3) is 0.714. The second-order valence-corrected chi connectivity index (χ2v) is 10.4. The Kier molecular flexibility index (Phi) is 4.83. The smallest absolute Gasteiger partial charge is 0.252 e. The topological polar surface area (TPSA) is 52.7 Å². The highest BCUT2D eigenvalue weighted by Crippen LogP contribution is 2.30. The third-order valence-corrected chi connectivity index (χ3v) is 8.13. The summed E-state index contributed by atoms with van der Waals surface area (Å²) in [6.45, 7) is 8.20. The maximum Gasteiger partial charge on any atom is 0.252 e. The van der Waals surface area contributed by atoms with Crippen LogP contribution in [-0.4, -0.2) is 63.4 Å². The summed E-state index contributed by atoms with van der Waals surface area (Å²) in [5.41, 5.74) is 0.322. The SMILES string of the molecule is CC1(CN2CCN(S(=O)(=O)c3ccc(Cl)s3)CC2)CCNC1. The van der Waals surface area contributed by atoms with Gasteiger partial charge in [0.25, 0.3) is 10.0 Å². The van der Waals surface area contributed by atoms with Crippen LogP contribution in [0.1, 0.15) is 13.3 Å². The third-order valence-electron chi connectivity index (χ3n) is 4.54. The highest BCUT2D eigenvalue weighted by molar-refractivity contribution is 7.91. The van der Waals surface area contributed by atoms with E-state index in [9.17, 15) is 8.42 Å². The number of rotatable bonds is 4. The number of piperazine rings is 1. The number of nitrogens with zero attached hydrogens (tertiary/aromatic N) is 2. The van der Waals surface area contributed by atoms with Crippen molar-refractivity contribution in [3.63, 3.8) is 0 Å². The standard InChI is InChI=1S/C14H22ClN3O2S2/c1-14(4-5-16-10-14)11-17-6-8-18(9-7-17)22(19,20)13-3-2-12(15)21-13/h2-3,16H,4-11H2,1H3. The molecular formula is C14H22ClN3O2S2. The van der Waals surface area contributed by atoms with Crippen molar-refractivity contribution in [2.75, 3.05) is 45.8 Å². The first-order chi connectivity index (χ1) is 10.4. The van der Waals surface area contributed by atoms with Crippen molar-refractivity contribution < 1.29 is 8.42 Å². The van der Waals surface area contributed by atoms with E-state index in [1.54, 1.807) is 16.4 Å². The molecule has 2 fully saturated rings. The van der Waals surface area contributed by atoms with Gasteiger partial charge in [0.15, 0.2) is 0 Å². The number of thiophene rings is 1. The zero-order valence-corrected chi connectivity index (χ0v) is 15.1. The third kappa shape index (κ3) is 3.49. The first-order valence-electron chi connectivity index (χ1n) is 7.58. The fourth-order valence-corrected chi connectivity index (χ4v) is 6.29. The van der Waals surface area contributed by atoms with Crippen molar-refractivity contribution in [2.45, 2.75) is 17.6 Å². The van der Waals surface area contributed by atoms with Gasteiger partial charge in [-0.15, -0.1) is 11.3 Å². The molecule has 124 valence electrons. The van der Waals surface area contributed by atoms with Crippen LogP contribution >= 0.6 is 22.9 Å². The molecule has 2 saturated heterocycles. The van der Waals surface area contributed by atoms with Crippen molar-refractivity contribution in [1.29, 1.82) is 0 Å². The van der Waals surface area contributed by atoms with Crippen LogP contribution in [-0.2, 0) is 10.0 Å². The van der Waals surface area contributed by atoms with Gasteiger partial charge in [-0.1, -0.05) is 18.5 Å². The molecule has 8 heteroatoms. The van der Waals surface area contributed by atoms with Crippen LogP contribution in [0.2, 0.25) is 4.34 Å². The molecule has 0 radical (unpaired) electrons. The van der Waals surface area contributed by atoms with Crippen LogP contribution in [0.15, 0.2) is 16.3 Å². The first kappa shape index (κ1) is 16.7. The van der Waals surface area contributed by atoms with Crippen LogP contribution in [0.3, 0.4) is 0 Å². The van der Waals surface area contributed by atoms with Crippen molar-refractivity contribution in [1.82, 2.24) is 14.5 Å². The summed E-state index contributed by atoms with van der Waals surface area (Å²) in [4.78, 5) is 2.39. The summed E-state index contributed by atoms with van der Waals surface area (Å²) < 4.78 is 27.6. The van der Waals surface area contributed by atoms with E-state index in [2.05, 4.69) is 17.1 Å².